The van der Waals surface area contributed by atoms with E-state index in [-0.39, 0.29) is 0 Å². The van der Waals surface area contributed by atoms with E-state index in [1.165, 1.54) is 37.4 Å². The van der Waals surface area contributed by atoms with E-state index in [1.54, 1.807) is 0 Å². The second kappa shape index (κ2) is 6.70. The first-order chi connectivity index (χ1) is 6.72. The average molecular weight is 216 g/mol. The van der Waals surface area contributed by atoms with Gasteiger partial charge in [0.05, 0.1) is 0 Å². The largest absolute Gasteiger partial charge is 0.309 e. The summed E-state index contributed by atoms with van der Waals surface area (Å²) in [5.41, 5.74) is 0. The van der Waals surface area contributed by atoms with Crippen LogP contribution in [0.3, 0.4) is 0 Å². The van der Waals surface area contributed by atoms with Crippen LogP contribution in [0, 0.1) is 0 Å². The standard InChI is InChI=1S/C11H24N2S/c1-4-14-9-10(2)12-11-6-5-7-13(3)8-11/h10-12H,4-9H2,1-3H3. The normalized spacial score (nSPS) is 26.4. The van der Waals surface area contributed by atoms with Crippen LogP contribution in [0.5, 0.6) is 0 Å². The van der Waals surface area contributed by atoms with Gasteiger partial charge in [-0.05, 0) is 39.1 Å². The minimum absolute atomic E-state index is 0.663. The predicted molar refractivity (Wildman–Crippen MR) is 66.1 cm³/mol. The molecule has 0 radical (unpaired) electrons. The van der Waals surface area contributed by atoms with Crippen molar-refractivity contribution in [3.05, 3.63) is 0 Å². The molecule has 0 aromatic carbocycles. The van der Waals surface area contributed by atoms with E-state index >= 15 is 0 Å². The molecule has 2 atom stereocenters. The van der Waals surface area contributed by atoms with Gasteiger partial charge in [-0.3, -0.25) is 0 Å². The lowest BCUT2D eigenvalue weighted by Gasteiger charge is -2.32. The molecule has 0 aliphatic carbocycles. The van der Waals surface area contributed by atoms with E-state index in [4.69, 9.17) is 0 Å². The van der Waals surface area contributed by atoms with Gasteiger partial charge in [0.2, 0.25) is 0 Å². The highest BCUT2D eigenvalue weighted by Crippen LogP contribution is 2.10. The molecule has 1 fully saturated rings. The third-order valence-corrected chi connectivity index (χ3v) is 3.86. The summed E-state index contributed by atoms with van der Waals surface area (Å²) < 4.78 is 0. The number of likely N-dealkylation sites (N-methyl/N-ethyl adjacent to an activating group) is 1. The lowest BCUT2D eigenvalue weighted by Crippen LogP contribution is -2.47. The Morgan fingerprint density at radius 1 is 1.57 bits per heavy atom. The zero-order valence-electron chi connectivity index (χ0n) is 9.75. The van der Waals surface area contributed by atoms with Crippen LogP contribution < -0.4 is 5.32 Å². The second-order valence-corrected chi connectivity index (χ2v) is 5.65. The summed E-state index contributed by atoms with van der Waals surface area (Å²) in [6.45, 7) is 7.03. The monoisotopic (exact) mass is 216 g/mol. The van der Waals surface area contributed by atoms with Crippen LogP contribution in [0.1, 0.15) is 26.7 Å². The molecule has 1 aliphatic heterocycles. The molecule has 2 unspecified atom stereocenters. The highest BCUT2D eigenvalue weighted by molar-refractivity contribution is 7.99. The first-order valence-corrected chi connectivity index (χ1v) is 6.90. The number of likely N-dealkylation sites (tertiary alicyclic amines) is 1. The summed E-state index contributed by atoms with van der Waals surface area (Å²) in [7, 11) is 2.22. The first-order valence-electron chi connectivity index (χ1n) is 5.74. The third-order valence-electron chi connectivity index (χ3n) is 2.72. The van der Waals surface area contributed by atoms with E-state index in [0.29, 0.717) is 6.04 Å². The van der Waals surface area contributed by atoms with Gasteiger partial charge in [-0.1, -0.05) is 6.92 Å². The lowest BCUT2D eigenvalue weighted by atomic mass is 10.1. The van der Waals surface area contributed by atoms with E-state index in [9.17, 15) is 0 Å². The number of nitrogens with zero attached hydrogens (tertiary/aromatic N) is 1. The molecule has 0 aromatic rings. The van der Waals surface area contributed by atoms with Crippen LogP contribution in [0.25, 0.3) is 0 Å². The highest BCUT2D eigenvalue weighted by atomic mass is 32.2. The van der Waals surface area contributed by atoms with Crippen molar-refractivity contribution >= 4 is 11.8 Å². The van der Waals surface area contributed by atoms with Crippen molar-refractivity contribution in [3.8, 4) is 0 Å². The molecule has 0 saturated carbocycles. The molecule has 1 heterocycles. The molecule has 1 rings (SSSR count). The number of thioether (sulfide) groups is 1. The molecule has 1 N–H and O–H groups in total. The molecule has 0 bridgehead atoms. The minimum atomic E-state index is 0.663. The van der Waals surface area contributed by atoms with Crippen molar-refractivity contribution in [1.82, 2.24) is 10.2 Å². The van der Waals surface area contributed by atoms with Crippen molar-refractivity contribution in [2.75, 3.05) is 31.6 Å². The maximum Gasteiger partial charge on any atom is 0.0198 e. The Bertz CT molecular complexity index is 152. The van der Waals surface area contributed by atoms with Gasteiger partial charge in [-0.2, -0.15) is 11.8 Å². The molecule has 3 heteroatoms. The SMILES string of the molecule is CCSCC(C)NC1CCCN(C)C1. The maximum absolute atomic E-state index is 3.72. The van der Waals surface area contributed by atoms with Crippen molar-refractivity contribution in [2.24, 2.45) is 0 Å². The van der Waals surface area contributed by atoms with Crippen LogP contribution >= 0.6 is 11.8 Å². The Hall–Kier alpha value is 0.270. The summed E-state index contributed by atoms with van der Waals surface area (Å²) in [5, 5.41) is 3.72. The van der Waals surface area contributed by atoms with Crippen molar-refractivity contribution in [3.63, 3.8) is 0 Å². The Balaban J connectivity index is 2.15. The molecular weight excluding hydrogens is 192 g/mol. The summed E-state index contributed by atoms with van der Waals surface area (Å²) in [4.78, 5) is 2.43. The molecule has 14 heavy (non-hydrogen) atoms. The molecule has 1 aliphatic rings. The molecule has 0 spiro atoms. The van der Waals surface area contributed by atoms with Gasteiger partial charge in [0.25, 0.3) is 0 Å². The Labute approximate surface area is 92.8 Å². The van der Waals surface area contributed by atoms with Crippen LogP contribution in [0.4, 0.5) is 0 Å². The van der Waals surface area contributed by atoms with Crippen LogP contribution in [0.15, 0.2) is 0 Å². The Morgan fingerprint density at radius 3 is 3.00 bits per heavy atom. The quantitative estimate of drug-likeness (QED) is 0.754. The van der Waals surface area contributed by atoms with Gasteiger partial charge in [-0.25, -0.2) is 0 Å². The fraction of sp³-hybridized carbons (Fsp3) is 1.00. The number of nitrogens with one attached hydrogen (secondary N) is 1. The number of hydrogen-bond donors (Lipinski definition) is 1. The highest BCUT2D eigenvalue weighted by Gasteiger charge is 2.18. The smallest absolute Gasteiger partial charge is 0.0198 e. The molecular formula is C11H24N2S. The topological polar surface area (TPSA) is 15.3 Å². The minimum Gasteiger partial charge on any atom is -0.309 e. The summed E-state index contributed by atoms with van der Waals surface area (Å²) in [6, 6.07) is 1.39. The van der Waals surface area contributed by atoms with Gasteiger partial charge in [0, 0.05) is 24.4 Å². The lowest BCUT2D eigenvalue weighted by molar-refractivity contribution is 0.221. The molecule has 84 valence electrons. The Kier molecular flexibility index (Phi) is 5.90. The Morgan fingerprint density at radius 2 is 2.36 bits per heavy atom. The molecule has 0 aromatic heterocycles. The van der Waals surface area contributed by atoms with Crippen molar-refractivity contribution in [1.29, 1.82) is 0 Å². The van der Waals surface area contributed by atoms with Gasteiger partial charge in [-0.15, -0.1) is 0 Å². The number of piperidine rings is 1. The van der Waals surface area contributed by atoms with E-state index in [0.717, 1.165) is 6.04 Å². The summed E-state index contributed by atoms with van der Waals surface area (Å²) in [6.07, 6.45) is 2.70. The average Bonchev–Trinajstić information content (AvgIpc) is 2.15. The third kappa shape index (κ3) is 4.67. The maximum atomic E-state index is 3.72. The summed E-state index contributed by atoms with van der Waals surface area (Å²) in [5.74, 6) is 2.48. The number of hydrogen-bond acceptors (Lipinski definition) is 3. The number of rotatable bonds is 5. The summed E-state index contributed by atoms with van der Waals surface area (Å²) >= 11 is 2.03. The van der Waals surface area contributed by atoms with E-state index in [1.807, 2.05) is 11.8 Å². The van der Waals surface area contributed by atoms with Crippen molar-refractivity contribution in [2.45, 2.75) is 38.8 Å². The van der Waals surface area contributed by atoms with Gasteiger partial charge in [0.1, 0.15) is 0 Å². The molecule has 2 nitrogen and oxygen atoms in total. The van der Waals surface area contributed by atoms with Crippen LogP contribution in [-0.4, -0.2) is 48.6 Å². The fourth-order valence-electron chi connectivity index (χ4n) is 2.05. The van der Waals surface area contributed by atoms with E-state index in [2.05, 4.69) is 31.1 Å². The second-order valence-electron chi connectivity index (χ2n) is 4.33. The van der Waals surface area contributed by atoms with Gasteiger partial charge < -0.3 is 10.2 Å². The molecule has 0 amide bonds. The van der Waals surface area contributed by atoms with Gasteiger partial charge >= 0.3 is 0 Å². The van der Waals surface area contributed by atoms with Crippen LogP contribution in [-0.2, 0) is 0 Å². The van der Waals surface area contributed by atoms with Crippen molar-refractivity contribution < 1.29 is 0 Å². The van der Waals surface area contributed by atoms with Gasteiger partial charge in [0.15, 0.2) is 0 Å². The molecule has 1 saturated heterocycles. The zero-order valence-corrected chi connectivity index (χ0v) is 10.6. The fourth-order valence-corrected chi connectivity index (χ4v) is 2.73. The van der Waals surface area contributed by atoms with E-state index < -0.39 is 0 Å². The zero-order chi connectivity index (χ0) is 10.4. The predicted octanol–water partition coefficient (Wildman–Crippen LogP) is 1.81. The van der Waals surface area contributed by atoms with Crippen LogP contribution in [0.2, 0.25) is 0 Å². The first kappa shape index (κ1) is 12.3.